The van der Waals surface area contributed by atoms with Crippen molar-refractivity contribution in [3.05, 3.63) is 185 Å². The van der Waals surface area contributed by atoms with E-state index in [4.69, 9.17) is 0 Å². The average molecular weight is 703 g/mol. The fourth-order valence-electron chi connectivity index (χ4n) is 8.68. The van der Waals surface area contributed by atoms with Crippen LogP contribution in [0.5, 0.6) is 0 Å². The Balaban J connectivity index is 0.00000189. The topological polar surface area (TPSA) is 35.6 Å². The van der Waals surface area contributed by atoms with Crippen LogP contribution in [-0.2, 0) is 25.7 Å². The molecule has 0 amide bonds. The van der Waals surface area contributed by atoms with E-state index in [0.717, 1.165) is 55.7 Å². The molecular weight excluding hydrogens is 657 g/mol. The molecule has 0 spiro atoms. The summed E-state index contributed by atoms with van der Waals surface area (Å²) < 4.78 is 4.91. The molecule has 0 radical (unpaired) electrons. The first kappa shape index (κ1) is 33.8. The standard InChI is InChI=1S/C48H40N4.C2H6/c1-3-7-45-41(5-1)42-6-2-4-8-46(42)51(45)39-21-13-35(14-22-39)29-33-9-17-37(18-10-33)38-19-11-34(12-20-38)30-36-15-23-40(24-16-36)52-47-25-27-49-31-43(47)44-32-50-28-26-48(44)52;1-2/h3-4,7-23,25-28,31-32,40H,1-2,5-6,24,29-30H2;1-2H3. The normalized spacial score (nSPS) is 15.8. The Bertz CT molecular complexity index is 2480. The Morgan fingerprint density at radius 2 is 1.11 bits per heavy atom. The highest BCUT2D eigenvalue weighted by Crippen LogP contribution is 2.37. The summed E-state index contributed by atoms with van der Waals surface area (Å²) in [4.78, 5) is 8.76. The number of pyridine rings is 2. The van der Waals surface area contributed by atoms with Gasteiger partial charge in [0, 0.05) is 52.6 Å². The van der Waals surface area contributed by atoms with Gasteiger partial charge >= 0.3 is 0 Å². The molecular formula is C50H46N4. The number of fused-ring (bicyclic) bond motifs is 6. The first-order chi connectivity index (χ1) is 26.8. The molecule has 0 bridgehead atoms. The van der Waals surface area contributed by atoms with Crippen LogP contribution in [0.4, 0.5) is 0 Å². The molecule has 0 fully saturated rings. The largest absolute Gasteiger partial charge is 0.333 e. The lowest BCUT2D eigenvalue weighted by atomic mass is 9.94. The van der Waals surface area contributed by atoms with E-state index in [1.165, 1.54) is 61.5 Å². The molecule has 7 aromatic rings. The zero-order valence-electron chi connectivity index (χ0n) is 31.2. The molecule has 1 unspecified atom stereocenters. The molecule has 4 heterocycles. The van der Waals surface area contributed by atoms with Crippen LogP contribution < -0.4 is 0 Å². The average Bonchev–Trinajstić information content (AvgIpc) is 3.76. The van der Waals surface area contributed by atoms with Gasteiger partial charge in [0.1, 0.15) is 0 Å². The number of hydrogen-bond donors (Lipinski definition) is 0. The summed E-state index contributed by atoms with van der Waals surface area (Å²) in [7, 11) is 0. The van der Waals surface area contributed by atoms with Crippen molar-refractivity contribution in [2.45, 2.75) is 64.8 Å². The maximum atomic E-state index is 4.38. The number of aromatic nitrogens is 4. The molecule has 0 saturated carbocycles. The lowest BCUT2D eigenvalue weighted by Gasteiger charge is -2.20. The second kappa shape index (κ2) is 14.8. The summed E-state index contributed by atoms with van der Waals surface area (Å²) in [5.74, 6) is 0. The van der Waals surface area contributed by atoms with E-state index in [1.54, 1.807) is 11.1 Å². The zero-order valence-corrected chi connectivity index (χ0v) is 31.2. The highest BCUT2D eigenvalue weighted by atomic mass is 15.0. The molecule has 0 N–H and O–H groups in total. The smallest absolute Gasteiger partial charge is 0.0560 e. The van der Waals surface area contributed by atoms with Gasteiger partial charge in [-0.25, -0.2) is 0 Å². The van der Waals surface area contributed by atoms with E-state index >= 15 is 0 Å². The molecule has 0 aliphatic heterocycles. The summed E-state index contributed by atoms with van der Waals surface area (Å²) in [6.45, 7) is 4.00. The fraction of sp³-hybridized carbons (Fsp3) is 0.200. The van der Waals surface area contributed by atoms with Gasteiger partial charge in [0.2, 0.25) is 0 Å². The molecule has 3 aromatic carbocycles. The molecule has 0 saturated heterocycles. The van der Waals surface area contributed by atoms with Gasteiger partial charge in [0.25, 0.3) is 0 Å². The Kier molecular flexibility index (Phi) is 9.26. The molecule has 10 rings (SSSR count). The highest BCUT2D eigenvalue weighted by Gasteiger charge is 2.23. The van der Waals surface area contributed by atoms with E-state index in [0.29, 0.717) is 0 Å². The summed E-state index contributed by atoms with van der Waals surface area (Å²) in [5.41, 5.74) is 17.4. The Morgan fingerprint density at radius 3 is 1.63 bits per heavy atom. The van der Waals surface area contributed by atoms with Crippen LogP contribution in [0.1, 0.15) is 78.4 Å². The second-order valence-corrected chi connectivity index (χ2v) is 14.5. The first-order valence-corrected chi connectivity index (χ1v) is 19.7. The molecule has 3 aliphatic carbocycles. The van der Waals surface area contributed by atoms with E-state index in [-0.39, 0.29) is 6.04 Å². The monoisotopic (exact) mass is 702 g/mol. The van der Waals surface area contributed by atoms with Gasteiger partial charge in [-0.3, -0.25) is 9.97 Å². The molecule has 1 atom stereocenters. The molecule has 3 aliphatic rings. The van der Waals surface area contributed by atoms with Crippen LogP contribution in [-0.4, -0.2) is 19.1 Å². The van der Waals surface area contributed by atoms with Crippen LogP contribution in [0.3, 0.4) is 0 Å². The summed E-state index contributed by atoms with van der Waals surface area (Å²) >= 11 is 0. The number of rotatable bonds is 7. The van der Waals surface area contributed by atoms with Crippen molar-refractivity contribution in [2.75, 3.05) is 0 Å². The van der Waals surface area contributed by atoms with Crippen molar-refractivity contribution in [1.82, 2.24) is 19.1 Å². The predicted octanol–water partition coefficient (Wildman–Crippen LogP) is 12.2. The van der Waals surface area contributed by atoms with E-state index in [1.807, 2.05) is 38.6 Å². The Morgan fingerprint density at radius 1 is 0.593 bits per heavy atom. The number of benzene rings is 3. The van der Waals surface area contributed by atoms with Crippen molar-refractivity contribution in [2.24, 2.45) is 0 Å². The lowest BCUT2D eigenvalue weighted by Crippen LogP contribution is -2.08. The third-order valence-electron chi connectivity index (χ3n) is 11.3. The van der Waals surface area contributed by atoms with Crippen LogP contribution in [0.2, 0.25) is 0 Å². The third-order valence-corrected chi connectivity index (χ3v) is 11.3. The number of nitrogens with zero attached hydrogens (tertiary/aromatic N) is 4. The van der Waals surface area contributed by atoms with Gasteiger partial charge < -0.3 is 9.13 Å². The van der Waals surface area contributed by atoms with E-state index in [2.05, 4.69) is 147 Å². The minimum atomic E-state index is 0.272. The van der Waals surface area contributed by atoms with Crippen molar-refractivity contribution in [1.29, 1.82) is 0 Å². The van der Waals surface area contributed by atoms with Gasteiger partial charge in [0.15, 0.2) is 0 Å². The van der Waals surface area contributed by atoms with Crippen molar-refractivity contribution < 1.29 is 0 Å². The van der Waals surface area contributed by atoms with Gasteiger partial charge in [-0.2, -0.15) is 0 Å². The minimum Gasteiger partial charge on any atom is -0.333 e. The van der Waals surface area contributed by atoms with Crippen molar-refractivity contribution in [3.8, 4) is 16.8 Å². The lowest BCUT2D eigenvalue weighted by molar-refractivity contribution is 0.643. The Hall–Kier alpha value is -6.00. The second-order valence-electron chi connectivity index (χ2n) is 14.5. The van der Waals surface area contributed by atoms with Gasteiger partial charge in [-0.1, -0.05) is 105 Å². The molecule has 266 valence electrons. The maximum Gasteiger partial charge on any atom is 0.0560 e. The van der Waals surface area contributed by atoms with Gasteiger partial charge in [0.05, 0.1) is 17.1 Å². The molecule has 4 heteroatoms. The summed E-state index contributed by atoms with van der Waals surface area (Å²) in [5, 5.41) is 2.32. The fourth-order valence-corrected chi connectivity index (χ4v) is 8.68. The molecule has 4 aromatic heterocycles. The summed E-state index contributed by atoms with van der Waals surface area (Å²) in [6, 6.07) is 31.9. The number of allylic oxidation sites excluding steroid dienone is 6. The van der Waals surface area contributed by atoms with Crippen LogP contribution in [0, 0.1) is 0 Å². The number of hydrogen-bond acceptors (Lipinski definition) is 2. The first-order valence-electron chi connectivity index (χ1n) is 19.7. The van der Waals surface area contributed by atoms with Crippen LogP contribution in [0.15, 0.2) is 146 Å². The zero-order chi connectivity index (χ0) is 36.4. The molecule has 54 heavy (non-hydrogen) atoms. The van der Waals surface area contributed by atoms with E-state index in [9.17, 15) is 0 Å². The quantitative estimate of drug-likeness (QED) is 0.166. The van der Waals surface area contributed by atoms with Crippen molar-refractivity contribution in [3.63, 3.8) is 0 Å². The van der Waals surface area contributed by atoms with Crippen molar-refractivity contribution >= 4 is 34.0 Å². The van der Waals surface area contributed by atoms with Gasteiger partial charge in [-0.15, -0.1) is 0 Å². The van der Waals surface area contributed by atoms with Crippen LogP contribution in [0.25, 0.3) is 50.8 Å². The van der Waals surface area contributed by atoms with Gasteiger partial charge in [-0.05, 0) is 126 Å². The Labute approximate surface area is 318 Å². The predicted molar refractivity (Wildman–Crippen MR) is 226 cm³/mol. The highest BCUT2D eigenvalue weighted by molar-refractivity contribution is 6.07. The molecule has 4 nitrogen and oxygen atoms in total. The minimum absolute atomic E-state index is 0.272. The summed E-state index contributed by atoms with van der Waals surface area (Å²) in [6.07, 6.45) is 31.5. The third kappa shape index (κ3) is 6.26. The van der Waals surface area contributed by atoms with E-state index < -0.39 is 0 Å². The van der Waals surface area contributed by atoms with Crippen LogP contribution >= 0.6 is 0 Å². The SMILES string of the molecule is C1=Cc2c(c3c(n2-c2ccc(Cc4ccc(-c5ccc(CC6=CCC(n7c8ccncc8c8cnccc87)C=C6)cc5)cc4)cc2)C=CCC3)CC1.CC. The maximum absolute atomic E-state index is 4.38.